The third kappa shape index (κ3) is 7.63. The van der Waals surface area contributed by atoms with E-state index in [0.29, 0.717) is 5.76 Å². The molecule has 0 aliphatic heterocycles. The Hall–Kier alpha value is -2.44. The van der Waals surface area contributed by atoms with Crippen LogP contribution in [0.25, 0.3) is 0 Å². The number of furan rings is 1. The summed E-state index contributed by atoms with van der Waals surface area (Å²) in [6, 6.07) is 8.70. The first-order valence-electron chi connectivity index (χ1n) is 7.04. The van der Waals surface area contributed by atoms with Gasteiger partial charge in [0.1, 0.15) is 12.3 Å². The van der Waals surface area contributed by atoms with Crippen molar-refractivity contribution in [3.05, 3.63) is 48.4 Å². The lowest BCUT2D eigenvalue weighted by molar-refractivity contribution is -0.274. The number of guanidine groups is 1. The molecule has 0 bridgehead atoms. The van der Waals surface area contributed by atoms with E-state index in [2.05, 4.69) is 20.4 Å². The number of amides is 1. The average molecular weight is 484 g/mol. The quantitative estimate of drug-likeness (QED) is 0.333. The molecule has 26 heavy (non-hydrogen) atoms. The van der Waals surface area contributed by atoms with Gasteiger partial charge in [-0.05, 0) is 24.3 Å². The summed E-state index contributed by atoms with van der Waals surface area (Å²) in [7, 11) is 0. The van der Waals surface area contributed by atoms with Crippen LogP contribution in [-0.4, -0.2) is 24.8 Å². The normalized spacial score (nSPS) is 11.4. The number of halogens is 4. The summed E-state index contributed by atoms with van der Waals surface area (Å²) in [5.41, 5.74) is 5.55. The number of nitrogens with two attached hydrogens (primary N) is 1. The standard InChI is InChI=1S/C15H15F3N4O3.HI/c16-15(17,18)25-12-6-2-1-5-11(12)22-14(19)21-9-13(23)20-8-10-4-3-7-24-10;/h1-7H,8-9H2,(H,20,23)(H3,19,21,22);1H. The zero-order chi connectivity index (χ0) is 18.3. The van der Waals surface area contributed by atoms with Gasteiger partial charge in [0.2, 0.25) is 5.91 Å². The number of carbonyl (C=O) groups is 1. The number of hydrogen-bond donors (Lipinski definition) is 3. The maximum absolute atomic E-state index is 12.3. The Bertz CT molecular complexity index is 736. The maximum Gasteiger partial charge on any atom is 0.573 e. The fourth-order valence-electron chi connectivity index (χ4n) is 1.77. The van der Waals surface area contributed by atoms with Gasteiger partial charge in [0.25, 0.3) is 0 Å². The number of rotatable bonds is 6. The Labute approximate surface area is 163 Å². The number of ether oxygens (including phenoxy) is 1. The summed E-state index contributed by atoms with van der Waals surface area (Å²) >= 11 is 0. The molecule has 0 radical (unpaired) electrons. The third-order valence-corrected chi connectivity index (χ3v) is 2.81. The van der Waals surface area contributed by atoms with Gasteiger partial charge in [-0.2, -0.15) is 0 Å². The summed E-state index contributed by atoms with van der Waals surface area (Å²) in [5.74, 6) is -0.551. The molecule has 4 N–H and O–H groups in total. The fraction of sp³-hybridized carbons (Fsp3) is 0.200. The monoisotopic (exact) mass is 484 g/mol. The minimum Gasteiger partial charge on any atom is -0.467 e. The molecule has 1 aromatic heterocycles. The molecule has 0 saturated heterocycles. The molecule has 1 amide bonds. The highest BCUT2D eigenvalue weighted by molar-refractivity contribution is 14.0. The maximum atomic E-state index is 12.3. The topological polar surface area (TPSA) is 102 Å². The lowest BCUT2D eigenvalue weighted by Crippen LogP contribution is -2.29. The first-order valence-corrected chi connectivity index (χ1v) is 7.04. The molecule has 0 saturated carbocycles. The molecule has 0 fully saturated rings. The van der Waals surface area contributed by atoms with Crippen molar-refractivity contribution in [1.82, 2.24) is 5.32 Å². The van der Waals surface area contributed by atoms with Crippen molar-refractivity contribution in [1.29, 1.82) is 0 Å². The molecule has 1 aromatic carbocycles. The molecule has 7 nitrogen and oxygen atoms in total. The van der Waals surface area contributed by atoms with Crippen LogP contribution in [0.3, 0.4) is 0 Å². The van der Waals surface area contributed by atoms with Crippen molar-refractivity contribution in [2.24, 2.45) is 10.7 Å². The van der Waals surface area contributed by atoms with Gasteiger partial charge in [0.05, 0.1) is 18.5 Å². The van der Waals surface area contributed by atoms with Crippen molar-refractivity contribution >= 4 is 41.5 Å². The van der Waals surface area contributed by atoms with Gasteiger partial charge in [-0.3, -0.25) is 4.79 Å². The summed E-state index contributed by atoms with van der Waals surface area (Å²) in [6.45, 7) is -0.112. The number of nitrogens with one attached hydrogen (secondary N) is 2. The molecular formula is C15H16F3IN4O3. The highest BCUT2D eigenvalue weighted by Crippen LogP contribution is 2.29. The summed E-state index contributed by atoms with van der Waals surface area (Å²) in [6.07, 6.45) is -3.36. The molecule has 0 spiro atoms. The van der Waals surface area contributed by atoms with Crippen molar-refractivity contribution in [2.75, 3.05) is 11.9 Å². The minimum absolute atomic E-state index is 0. The van der Waals surface area contributed by atoms with Crippen molar-refractivity contribution in [2.45, 2.75) is 12.9 Å². The second-order valence-electron chi connectivity index (χ2n) is 4.73. The molecule has 11 heteroatoms. The molecule has 2 rings (SSSR count). The first-order chi connectivity index (χ1) is 11.8. The van der Waals surface area contributed by atoms with Crippen LogP contribution in [0.15, 0.2) is 52.1 Å². The van der Waals surface area contributed by atoms with Crippen LogP contribution in [-0.2, 0) is 11.3 Å². The molecular weight excluding hydrogens is 468 g/mol. The van der Waals surface area contributed by atoms with Gasteiger partial charge >= 0.3 is 6.36 Å². The summed E-state index contributed by atoms with van der Waals surface area (Å²) < 4.78 is 46.0. The molecule has 0 unspecified atom stereocenters. The Morgan fingerprint density at radius 3 is 2.62 bits per heavy atom. The van der Waals surface area contributed by atoms with Crippen molar-refractivity contribution in [3.63, 3.8) is 0 Å². The second kappa shape index (κ2) is 9.89. The van der Waals surface area contributed by atoms with E-state index in [1.165, 1.54) is 24.5 Å². The number of nitrogens with zero attached hydrogens (tertiary/aromatic N) is 1. The van der Waals surface area contributed by atoms with E-state index in [1.807, 2.05) is 0 Å². The number of carbonyl (C=O) groups excluding carboxylic acids is 1. The minimum atomic E-state index is -4.84. The number of anilines is 1. The van der Waals surface area contributed by atoms with E-state index >= 15 is 0 Å². The van der Waals surface area contributed by atoms with Gasteiger partial charge in [0, 0.05) is 0 Å². The second-order valence-corrected chi connectivity index (χ2v) is 4.73. The van der Waals surface area contributed by atoms with Crippen LogP contribution in [0.4, 0.5) is 18.9 Å². The van der Waals surface area contributed by atoms with Crippen LogP contribution in [0.5, 0.6) is 5.75 Å². The van der Waals surface area contributed by atoms with E-state index in [1.54, 1.807) is 12.1 Å². The average Bonchev–Trinajstić information content (AvgIpc) is 3.05. The zero-order valence-electron chi connectivity index (χ0n) is 13.2. The Kier molecular flexibility index (Phi) is 8.22. The van der Waals surface area contributed by atoms with Gasteiger partial charge in [-0.25, -0.2) is 4.99 Å². The van der Waals surface area contributed by atoms with Crippen LogP contribution in [0, 0.1) is 0 Å². The predicted molar refractivity (Wildman–Crippen MR) is 99.2 cm³/mol. The van der Waals surface area contributed by atoms with Crippen LogP contribution in [0.2, 0.25) is 0 Å². The van der Waals surface area contributed by atoms with Crippen molar-refractivity contribution in [3.8, 4) is 5.75 Å². The Morgan fingerprint density at radius 2 is 1.96 bits per heavy atom. The number of alkyl halides is 3. The first kappa shape index (κ1) is 21.6. The van der Waals surface area contributed by atoms with Crippen LogP contribution < -0.4 is 21.1 Å². The number of para-hydroxylation sites is 2. The smallest absolute Gasteiger partial charge is 0.467 e. The van der Waals surface area contributed by atoms with E-state index in [4.69, 9.17) is 10.2 Å². The zero-order valence-corrected chi connectivity index (χ0v) is 15.6. The van der Waals surface area contributed by atoms with E-state index in [-0.39, 0.29) is 48.7 Å². The lowest BCUT2D eigenvalue weighted by Gasteiger charge is -2.14. The SMILES string of the molecule is I.NC(=NCC(=O)NCc1ccco1)Nc1ccccc1OC(F)(F)F. The van der Waals surface area contributed by atoms with Gasteiger partial charge in [0.15, 0.2) is 11.7 Å². The highest BCUT2D eigenvalue weighted by Gasteiger charge is 2.32. The van der Waals surface area contributed by atoms with Gasteiger partial charge < -0.3 is 25.5 Å². The van der Waals surface area contributed by atoms with E-state index in [9.17, 15) is 18.0 Å². The third-order valence-electron chi connectivity index (χ3n) is 2.81. The molecule has 0 aliphatic rings. The highest BCUT2D eigenvalue weighted by atomic mass is 127. The molecule has 1 heterocycles. The molecule has 2 aromatic rings. The van der Waals surface area contributed by atoms with Gasteiger partial charge in [-0.1, -0.05) is 12.1 Å². The van der Waals surface area contributed by atoms with Crippen LogP contribution in [0.1, 0.15) is 5.76 Å². The number of aliphatic imine (C=N–C) groups is 1. The molecule has 0 atom stereocenters. The van der Waals surface area contributed by atoms with Crippen molar-refractivity contribution < 1.29 is 27.1 Å². The number of hydrogen-bond acceptors (Lipinski definition) is 4. The summed E-state index contributed by atoms with van der Waals surface area (Å²) in [5, 5.41) is 5.01. The molecule has 0 aliphatic carbocycles. The molecule has 142 valence electrons. The van der Waals surface area contributed by atoms with E-state index in [0.717, 1.165) is 6.07 Å². The number of benzene rings is 1. The van der Waals surface area contributed by atoms with Gasteiger partial charge in [-0.15, -0.1) is 37.1 Å². The largest absolute Gasteiger partial charge is 0.573 e. The summed E-state index contributed by atoms with van der Waals surface area (Å²) in [4.78, 5) is 15.4. The fourth-order valence-corrected chi connectivity index (χ4v) is 1.77. The van der Waals surface area contributed by atoms with E-state index < -0.39 is 18.0 Å². The van der Waals surface area contributed by atoms with Crippen LogP contribution >= 0.6 is 24.0 Å². The predicted octanol–water partition coefficient (Wildman–Crippen LogP) is 2.84. The Balaban J connectivity index is 0.00000338. The lowest BCUT2D eigenvalue weighted by atomic mass is 10.3. The Morgan fingerprint density at radius 1 is 1.23 bits per heavy atom.